The summed E-state index contributed by atoms with van der Waals surface area (Å²) in [6.45, 7) is 4.52. The van der Waals surface area contributed by atoms with Crippen molar-refractivity contribution in [3.8, 4) is 0 Å². The number of hydrogen-bond acceptors (Lipinski definition) is 3. The molecule has 0 fully saturated rings. The zero-order valence-electron chi connectivity index (χ0n) is 10.7. The first kappa shape index (κ1) is 16.2. The van der Waals surface area contributed by atoms with E-state index in [4.69, 9.17) is 10.8 Å². The molecule has 0 aliphatic carbocycles. The maximum atomic E-state index is 11.4. The van der Waals surface area contributed by atoms with Gasteiger partial charge in [0.05, 0.1) is 0 Å². The van der Waals surface area contributed by atoms with Gasteiger partial charge < -0.3 is 21.5 Å². The van der Waals surface area contributed by atoms with Crippen molar-refractivity contribution >= 4 is 17.9 Å². The van der Waals surface area contributed by atoms with E-state index in [1.807, 2.05) is 13.8 Å². The van der Waals surface area contributed by atoms with E-state index < -0.39 is 23.9 Å². The van der Waals surface area contributed by atoms with Crippen LogP contribution in [0.4, 0.5) is 4.79 Å². The monoisotopic (exact) mass is 259 g/mol. The maximum Gasteiger partial charge on any atom is 0.326 e. The van der Waals surface area contributed by atoms with E-state index in [0.29, 0.717) is 12.5 Å². The molecule has 5 N–H and O–H groups in total. The predicted octanol–water partition coefficient (Wildman–Crippen LogP) is 0.0504. The standard InChI is InChI=1S/C11H21N3O4/c1-7(2)5-6-13-11(18)14-8(10(16)17)3-4-9(12)15/h7-8H,3-6H2,1-2H3,(H2,12,15)(H,16,17)(H2,13,14,18)/t8-/m1/s1. The Hall–Kier alpha value is -1.79. The highest BCUT2D eigenvalue weighted by atomic mass is 16.4. The molecule has 18 heavy (non-hydrogen) atoms. The second-order valence-electron chi connectivity index (χ2n) is 4.48. The fraction of sp³-hybridized carbons (Fsp3) is 0.727. The van der Waals surface area contributed by atoms with Crippen molar-refractivity contribution in [1.82, 2.24) is 10.6 Å². The van der Waals surface area contributed by atoms with Crippen LogP contribution >= 0.6 is 0 Å². The Balaban J connectivity index is 4.04. The quantitative estimate of drug-likeness (QED) is 0.492. The van der Waals surface area contributed by atoms with Crippen LogP contribution in [0, 0.1) is 5.92 Å². The fourth-order valence-electron chi connectivity index (χ4n) is 1.23. The zero-order chi connectivity index (χ0) is 14.1. The number of carboxylic acid groups (broad SMARTS) is 1. The summed E-state index contributed by atoms with van der Waals surface area (Å²) < 4.78 is 0. The summed E-state index contributed by atoms with van der Waals surface area (Å²) in [4.78, 5) is 32.8. The van der Waals surface area contributed by atoms with Crippen LogP contribution < -0.4 is 16.4 Å². The number of nitrogens with two attached hydrogens (primary N) is 1. The molecule has 0 spiro atoms. The number of hydrogen-bond donors (Lipinski definition) is 4. The smallest absolute Gasteiger partial charge is 0.326 e. The van der Waals surface area contributed by atoms with E-state index in [2.05, 4.69) is 10.6 Å². The molecule has 0 heterocycles. The number of carboxylic acids is 1. The second kappa shape index (κ2) is 8.32. The van der Waals surface area contributed by atoms with Gasteiger partial charge in [0.15, 0.2) is 0 Å². The lowest BCUT2D eigenvalue weighted by Crippen LogP contribution is -2.46. The summed E-state index contributed by atoms with van der Waals surface area (Å²) in [5.74, 6) is -1.33. The molecule has 0 saturated heterocycles. The van der Waals surface area contributed by atoms with Gasteiger partial charge in [0.1, 0.15) is 6.04 Å². The number of rotatable bonds is 8. The Bertz CT molecular complexity index is 305. The van der Waals surface area contributed by atoms with Crippen molar-refractivity contribution < 1.29 is 19.5 Å². The van der Waals surface area contributed by atoms with Crippen LogP contribution in [0.1, 0.15) is 33.1 Å². The molecule has 0 aliphatic heterocycles. The van der Waals surface area contributed by atoms with Crippen LogP contribution in [-0.2, 0) is 9.59 Å². The van der Waals surface area contributed by atoms with Gasteiger partial charge >= 0.3 is 12.0 Å². The molecule has 0 saturated carbocycles. The highest BCUT2D eigenvalue weighted by molar-refractivity contribution is 5.83. The highest BCUT2D eigenvalue weighted by Crippen LogP contribution is 1.98. The van der Waals surface area contributed by atoms with Crippen LogP contribution in [0.5, 0.6) is 0 Å². The molecule has 0 unspecified atom stereocenters. The fourth-order valence-corrected chi connectivity index (χ4v) is 1.23. The van der Waals surface area contributed by atoms with E-state index in [0.717, 1.165) is 6.42 Å². The van der Waals surface area contributed by atoms with Crippen molar-refractivity contribution in [3.63, 3.8) is 0 Å². The van der Waals surface area contributed by atoms with Gasteiger partial charge in [-0.25, -0.2) is 9.59 Å². The largest absolute Gasteiger partial charge is 0.480 e. The first-order valence-electron chi connectivity index (χ1n) is 5.88. The summed E-state index contributed by atoms with van der Waals surface area (Å²) in [5, 5.41) is 13.7. The molecule has 0 rings (SSSR count). The molecule has 3 amide bonds. The number of aliphatic carboxylic acids is 1. The summed E-state index contributed by atoms with van der Waals surface area (Å²) >= 11 is 0. The molecule has 7 heteroatoms. The van der Waals surface area contributed by atoms with Gasteiger partial charge in [-0.1, -0.05) is 13.8 Å². The third-order valence-electron chi connectivity index (χ3n) is 2.29. The molecular formula is C11H21N3O4. The normalized spacial score (nSPS) is 11.9. The molecule has 7 nitrogen and oxygen atoms in total. The average molecular weight is 259 g/mol. The lowest BCUT2D eigenvalue weighted by molar-refractivity contribution is -0.139. The Morgan fingerprint density at radius 1 is 1.22 bits per heavy atom. The van der Waals surface area contributed by atoms with E-state index in [1.54, 1.807) is 0 Å². The molecule has 0 bridgehead atoms. The van der Waals surface area contributed by atoms with Gasteiger partial charge in [-0.2, -0.15) is 0 Å². The first-order valence-corrected chi connectivity index (χ1v) is 5.88. The number of urea groups is 1. The van der Waals surface area contributed by atoms with Crippen molar-refractivity contribution in [2.45, 2.75) is 39.2 Å². The van der Waals surface area contributed by atoms with Crippen molar-refractivity contribution in [2.24, 2.45) is 11.7 Å². The number of amides is 3. The number of nitrogens with one attached hydrogen (secondary N) is 2. The van der Waals surface area contributed by atoms with Gasteiger partial charge in [0, 0.05) is 13.0 Å². The van der Waals surface area contributed by atoms with Crippen LogP contribution in [0.25, 0.3) is 0 Å². The Kier molecular flexibility index (Phi) is 7.50. The Morgan fingerprint density at radius 2 is 1.83 bits per heavy atom. The lowest BCUT2D eigenvalue weighted by atomic mass is 10.1. The van der Waals surface area contributed by atoms with Crippen LogP contribution in [0.15, 0.2) is 0 Å². The molecular weight excluding hydrogens is 238 g/mol. The predicted molar refractivity (Wildman–Crippen MR) is 65.8 cm³/mol. The lowest BCUT2D eigenvalue weighted by Gasteiger charge is -2.14. The number of primary amides is 1. The van der Waals surface area contributed by atoms with Crippen LogP contribution in [0.3, 0.4) is 0 Å². The number of carbonyl (C=O) groups excluding carboxylic acids is 2. The molecule has 1 atom stereocenters. The minimum Gasteiger partial charge on any atom is -0.480 e. The van der Waals surface area contributed by atoms with Gasteiger partial charge in [0.25, 0.3) is 0 Å². The van der Waals surface area contributed by atoms with E-state index in [1.165, 1.54) is 0 Å². The summed E-state index contributed by atoms with van der Waals surface area (Å²) in [6.07, 6.45) is 0.720. The molecule has 0 aromatic carbocycles. The maximum absolute atomic E-state index is 11.4. The minimum absolute atomic E-state index is 0.0116. The Morgan fingerprint density at radius 3 is 2.28 bits per heavy atom. The SMILES string of the molecule is CC(C)CCNC(=O)N[C@H](CCC(N)=O)C(=O)O. The van der Waals surface area contributed by atoms with E-state index >= 15 is 0 Å². The van der Waals surface area contributed by atoms with Crippen LogP contribution in [-0.4, -0.2) is 35.6 Å². The van der Waals surface area contributed by atoms with E-state index in [9.17, 15) is 14.4 Å². The highest BCUT2D eigenvalue weighted by Gasteiger charge is 2.20. The van der Waals surface area contributed by atoms with Crippen molar-refractivity contribution in [3.05, 3.63) is 0 Å². The van der Waals surface area contributed by atoms with Gasteiger partial charge in [0.2, 0.25) is 5.91 Å². The van der Waals surface area contributed by atoms with E-state index in [-0.39, 0.29) is 12.8 Å². The zero-order valence-corrected chi connectivity index (χ0v) is 10.7. The topological polar surface area (TPSA) is 122 Å². The summed E-state index contributed by atoms with van der Waals surface area (Å²) in [5.41, 5.74) is 4.92. The average Bonchev–Trinajstić information content (AvgIpc) is 2.22. The third kappa shape index (κ3) is 8.37. The molecule has 0 aromatic rings. The van der Waals surface area contributed by atoms with Gasteiger partial charge in [-0.3, -0.25) is 4.79 Å². The molecule has 0 radical (unpaired) electrons. The summed E-state index contributed by atoms with van der Waals surface area (Å²) in [6, 6.07) is -1.65. The summed E-state index contributed by atoms with van der Waals surface area (Å²) in [7, 11) is 0. The third-order valence-corrected chi connectivity index (χ3v) is 2.29. The number of carbonyl (C=O) groups is 3. The first-order chi connectivity index (χ1) is 8.32. The van der Waals surface area contributed by atoms with Gasteiger partial charge in [-0.05, 0) is 18.8 Å². The van der Waals surface area contributed by atoms with Crippen molar-refractivity contribution in [1.29, 1.82) is 0 Å². The molecule has 0 aromatic heterocycles. The van der Waals surface area contributed by atoms with Crippen LogP contribution in [0.2, 0.25) is 0 Å². The minimum atomic E-state index is -1.18. The van der Waals surface area contributed by atoms with Gasteiger partial charge in [-0.15, -0.1) is 0 Å². The second-order valence-corrected chi connectivity index (χ2v) is 4.48. The molecule has 104 valence electrons. The Labute approximate surface area is 106 Å². The van der Waals surface area contributed by atoms with Crippen molar-refractivity contribution in [2.75, 3.05) is 6.54 Å². The molecule has 0 aliphatic rings.